The Labute approximate surface area is 194 Å². The standard InChI is InChI=1S/C24H25FN4O5/c1-11-8-14(23(33)34-24(3,4)5)12(2)13-6-7-16(19(11)13)28-21(30)18-9-17(22(31)32)27-20-15(25)10-26-29(18)20/h8-10,16H,6-7H2,1-5H3,(H,28,30)(H,31,32)/t16-/m0/s1. The van der Waals surface area contributed by atoms with Gasteiger partial charge in [0.2, 0.25) is 0 Å². The number of carboxylic acid groups (broad SMARTS) is 1. The molecule has 34 heavy (non-hydrogen) atoms. The van der Waals surface area contributed by atoms with Crippen LogP contribution in [0.4, 0.5) is 4.39 Å². The number of carbonyl (C=O) groups excluding carboxylic acids is 2. The summed E-state index contributed by atoms with van der Waals surface area (Å²) in [7, 11) is 0. The fourth-order valence-electron chi connectivity index (χ4n) is 4.37. The maximum atomic E-state index is 14.0. The van der Waals surface area contributed by atoms with E-state index in [9.17, 15) is 23.9 Å². The molecule has 1 amide bonds. The number of ether oxygens (including phenoxy) is 1. The van der Waals surface area contributed by atoms with Gasteiger partial charge < -0.3 is 15.2 Å². The minimum atomic E-state index is -1.38. The summed E-state index contributed by atoms with van der Waals surface area (Å²) in [5.74, 6) is -3.22. The highest BCUT2D eigenvalue weighted by Gasteiger charge is 2.31. The topological polar surface area (TPSA) is 123 Å². The van der Waals surface area contributed by atoms with Crippen molar-refractivity contribution in [3.8, 4) is 0 Å². The minimum absolute atomic E-state index is 0.139. The van der Waals surface area contributed by atoms with E-state index in [2.05, 4.69) is 15.4 Å². The Kier molecular flexibility index (Phi) is 5.63. The number of nitrogens with zero attached hydrogens (tertiary/aromatic N) is 3. The number of benzene rings is 1. The van der Waals surface area contributed by atoms with Crippen LogP contribution in [0.3, 0.4) is 0 Å². The van der Waals surface area contributed by atoms with Gasteiger partial charge in [0.1, 0.15) is 11.3 Å². The Bertz CT molecular complexity index is 1360. The zero-order chi connectivity index (χ0) is 24.9. The van der Waals surface area contributed by atoms with Crippen molar-refractivity contribution in [2.75, 3.05) is 0 Å². The number of hydrogen-bond acceptors (Lipinski definition) is 6. The van der Waals surface area contributed by atoms with E-state index in [1.165, 1.54) is 0 Å². The van der Waals surface area contributed by atoms with E-state index in [4.69, 9.17) is 4.74 Å². The van der Waals surface area contributed by atoms with Gasteiger partial charge in [-0.2, -0.15) is 5.10 Å². The van der Waals surface area contributed by atoms with Crippen LogP contribution in [0.15, 0.2) is 18.3 Å². The fourth-order valence-corrected chi connectivity index (χ4v) is 4.37. The smallest absolute Gasteiger partial charge is 0.354 e. The summed E-state index contributed by atoms with van der Waals surface area (Å²) in [6.07, 6.45) is 2.11. The summed E-state index contributed by atoms with van der Waals surface area (Å²) in [4.78, 5) is 41.0. The molecule has 1 atom stereocenters. The number of carbonyl (C=O) groups is 3. The van der Waals surface area contributed by atoms with Crippen LogP contribution in [0.5, 0.6) is 0 Å². The van der Waals surface area contributed by atoms with E-state index in [0.717, 1.165) is 39.0 Å². The molecule has 0 spiro atoms. The van der Waals surface area contributed by atoms with Crippen LogP contribution >= 0.6 is 0 Å². The zero-order valence-electron chi connectivity index (χ0n) is 19.5. The van der Waals surface area contributed by atoms with E-state index in [-0.39, 0.29) is 17.4 Å². The van der Waals surface area contributed by atoms with E-state index in [0.29, 0.717) is 18.4 Å². The monoisotopic (exact) mass is 468 g/mol. The molecule has 2 aromatic heterocycles. The number of rotatable bonds is 4. The van der Waals surface area contributed by atoms with Crippen LogP contribution in [-0.4, -0.2) is 43.2 Å². The van der Waals surface area contributed by atoms with Gasteiger partial charge in [-0.3, -0.25) is 4.79 Å². The van der Waals surface area contributed by atoms with Gasteiger partial charge in [0.15, 0.2) is 17.2 Å². The predicted octanol–water partition coefficient (Wildman–Crippen LogP) is 3.56. The molecule has 1 aromatic carbocycles. The normalized spacial score (nSPS) is 15.3. The number of nitrogens with one attached hydrogen (secondary N) is 1. The van der Waals surface area contributed by atoms with Gasteiger partial charge in [-0.05, 0) is 75.8 Å². The molecule has 0 unspecified atom stereocenters. The lowest BCUT2D eigenvalue weighted by Crippen LogP contribution is -2.30. The summed E-state index contributed by atoms with van der Waals surface area (Å²) in [6.45, 7) is 9.16. The third kappa shape index (κ3) is 4.11. The van der Waals surface area contributed by atoms with E-state index in [1.54, 1.807) is 6.07 Å². The maximum absolute atomic E-state index is 14.0. The average molecular weight is 468 g/mol. The lowest BCUT2D eigenvalue weighted by atomic mass is 9.93. The van der Waals surface area contributed by atoms with Gasteiger partial charge >= 0.3 is 11.9 Å². The third-order valence-corrected chi connectivity index (χ3v) is 5.80. The van der Waals surface area contributed by atoms with Crippen molar-refractivity contribution in [3.63, 3.8) is 0 Å². The summed E-state index contributed by atoms with van der Waals surface area (Å²) < 4.78 is 20.6. The third-order valence-electron chi connectivity index (χ3n) is 5.80. The number of halogens is 1. The first-order valence-corrected chi connectivity index (χ1v) is 10.8. The summed E-state index contributed by atoms with van der Waals surface area (Å²) in [5, 5.41) is 16.1. The minimum Gasteiger partial charge on any atom is -0.477 e. The number of esters is 1. The number of aromatic carboxylic acids is 1. The van der Waals surface area contributed by atoms with Gasteiger partial charge in [0.25, 0.3) is 5.91 Å². The zero-order valence-corrected chi connectivity index (χ0v) is 19.5. The van der Waals surface area contributed by atoms with Gasteiger partial charge in [0, 0.05) is 6.07 Å². The fraction of sp³-hybridized carbons (Fsp3) is 0.375. The first kappa shape index (κ1) is 23.3. The van der Waals surface area contributed by atoms with Crippen molar-refractivity contribution in [3.05, 3.63) is 63.4 Å². The molecular formula is C24H25FN4O5. The Balaban J connectivity index is 1.68. The average Bonchev–Trinajstić information content (AvgIpc) is 3.33. The lowest BCUT2D eigenvalue weighted by molar-refractivity contribution is 0.00681. The highest BCUT2D eigenvalue weighted by Crippen LogP contribution is 2.38. The molecule has 4 rings (SSSR count). The second kappa shape index (κ2) is 8.19. The Hall–Kier alpha value is -3.82. The number of carboxylic acids is 1. The Morgan fingerprint density at radius 1 is 1.24 bits per heavy atom. The summed E-state index contributed by atoms with van der Waals surface area (Å²) in [6, 6.07) is 2.46. The van der Waals surface area contributed by atoms with Gasteiger partial charge in [-0.15, -0.1) is 0 Å². The lowest BCUT2D eigenvalue weighted by Gasteiger charge is -2.22. The molecule has 178 valence electrons. The van der Waals surface area contributed by atoms with Crippen molar-refractivity contribution in [1.82, 2.24) is 19.9 Å². The summed E-state index contributed by atoms with van der Waals surface area (Å²) >= 11 is 0. The number of amides is 1. The predicted molar refractivity (Wildman–Crippen MR) is 120 cm³/mol. The first-order valence-electron chi connectivity index (χ1n) is 10.8. The molecule has 10 heteroatoms. The second-order valence-electron chi connectivity index (χ2n) is 9.38. The van der Waals surface area contributed by atoms with Crippen molar-refractivity contribution < 1.29 is 28.6 Å². The molecule has 0 saturated heterocycles. The summed E-state index contributed by atoms with van der Waals surface area (Å²) in [5.41, 5.74) is 2.45. The molecule has 3 aromatic rings. The molecule has 0 radical (unpaired) electrons. The molecule has 2 heterocycles. The Morgan fingerprint density at radius 2 is 1.94 bits per heavy atom. The van der Waals surface area contributed by atoms with Crippen molar-refractivity contribution >= 4 is 23.5 Å². The van der Waals surface area contributed by atoms with E-state index < -0.39 is 35.0 Å². The van der Waals surface area contributed by atoms with Crippen LogP contribution in [0, 0.1) is 19.7 Å². The molecule has 0 saturated carbocycles. The number of aryl methyl sites for hydroxylation is 1. The van der Waals surface area contributed by atoms with Crippen LogP contribution < -0.4 is 5.32 Å². The molecule has 1 aliphatic rings. The van der Waals surface area contributed by atoms with Crippen molar-refractivity contribution in [2.45, 2.75) is 59.1 Å². The van der Waals surface area contributed by atoms with Crippen molar-refractivity contribution in [2.24, 2.45) is 0 Å². The highest BCUT2D eigenvalue weighted by atomic mass is 19.1. The van der Waals surface area contributed by atoms with Gasteiger partial charge in [-0.1, -0.05) is 0 Å². The van der Waals surface area contributed by atoms with E-state index >= 15 is 0 Å². The quantitative estimate of drug-likeness (QED) is 0.561. The van der Waals surface area contributed by atoms with Gasteiger partial charge in [0.05, 0.1) is 17.8 Å². The second-order valence-corrected chi connectivity index (χ2v) is 9.38. The molecule has 0 bridgehead atoms. The van der Waals surface area contributed by atoms with Crippen molar-refractivity contribution in [1.29, 1.82) is 0 Å². The number of aromatic nitrogens is 3. The molecular weight excluding hydrogens is 443 g/mol. The molecule has 0 aliphatic heterocycles. The Morgan fingerprint density at radius 3 is 2.59 bits per heavy atom. The molecule has 2 N–H and O–H groups in total. The number of hydrogen-bond donors (Lipinski definition) is 2. The largest absolute Gasteiger partial charge is 0.477 e. The maximum Gasteiger partial charge on any atom is 0.354 e. The molecule has 9 nitrogen and oxygen atoms in total. The molecule has 0 fully saturated rings. The molecule has 1 aliphatic carbocycles. The van der Waals surface area contributed by atoms with E-state index in [1.807, 2.05) is 34.6 Å². The van der Waals surface area contributed by atoms with Crippen LogP contribution in [0.1, 0.15) is 86.8 Å². The van der Waals surface area contributed by atoms with Crippen LogP contribution in [0.25, 0.3) is 5.65 Å². The van der Waals surface area contributed by atoms with Crippen LogP contribution in [-0.2, 0) is 11.2 Å². The highest BCUT2D eigenvalue weighted by molar-refractivity contribution is 5.96. The number of fused-ring (bicyclic) bond motifs is 2. The first-order chi connectivity index (χ1) is 15.9. The van der Waals surface area contributed by atoms with Gasteiger partial charge in [-0.25, -0.2) is 23.5 Å². The van der Waals surface area contributed by atoms with Crippen LogP contribution in [0.2, 0.25) is 0 Å². The SMILES string of the molecule is Cc1cc(C(=O)OC(C)(C)C)c(C)c2c1[C@@H](NC(=O)c1cc(C(=O)O)nc3c(F)cnn13)CC2.